The molecule has 1 N–H and O–H groups in total. The molecule has 0 unspecified atom stereocenters. The lowest BCUT2D eigenvalue weighted by Gasteiger charge is -2.30. The molecule has 3 rings (SSSR count). The number of carbonyl (C=O) groups is 2. The van der Waals surface area contributed by atoms with Gasteiger partial charge >= 0.3 is 0 Å². The van der Waals surface area contributed by atoms with Gasteiger partial charge in [-0.05, 0) is 48.7 Å². The number of nitrogens with one attached hydrogen (secondary N) is 1. The third kappa shape index (κ3) is 6.25. The molecule has 2 amide bonds. The average molecular weight is 424 g/mol. The summed E-state index contributed by atoms with van der Waals surface area (Å²) >= 11 is 0. The fourth-order valence-corrected chi connectivity index (χ4v) is 3.42. The number of hydrogen-bond acceptors (Lipinski definition) is 5. The second-order valence-corrected chi connectivity index (χ2v) is 7.24. The molecular formula is C24H28N2O5. The molecule has 7 nitrogen and oxygen atoms in total. The van der Waals surface area contributed by atoms with Crippen LogP contribution >= 0.6 is 0 Å². The lowest BCUT2D eigenvalue weighted by atomic mass is 9.96. The highest BCUT2D eigenvalue weighted by atomic mass is 16.5. The van der Waals surface area contributed by atoms with E-state index in [0.29, 0.717) is 50.6 Å². The van der Waals surface area contributed by atoms with Crippen LogP contribution in [-0.2, 0) is 16.1 Å². The summed E-state index contributed by atoms with van der Waals surface area (Å²) in [6.45, 7) is 5.51. The monoisotopic (exact) mass is 424 g/mol. The van der Waals surface area contributed by atoms with Crippen LogP contribution in [0.1, 0.15) is 24.2 Å². The van der Waals surface area contributed by atoms with Crippen molar-refractivity contribution in [2.45, 2.75) is 19.4 Å². The van der Waals surface area contributed by atoms with E-state index < -0.39 is 0 Å². The minimum Gasteiger partial charge on any atom is -0.493 e. The topological polar surface area (TPSA) is 81.0 Å². The maximum absolute atomic E-state index is 12.6. The number of benzene rings is 1. The van der Waals surface area contributed by atoms with Crippen molar-refractivity contribution < 1.29 is 23.5 Å². The van der Waals surface area contributed by atoms with E-state index in [1.807, 2.05) is 18.2 Å². The van der Waals surface area contributed by atoms with Crippen LogP contribution in [0.5, 0.6) is 11.5 Å². The summed E-state index contributed by atoms with van der Waals surface area (Å²) in [4.78, 5) is 26.7. The van der Waals surface area contributed by atoms with Gasteiger partial charge in [0, 0.05) is 25.1 Å². The van der Waals surface area contributed by atoms with Crippen LogP contribution in [0.25, 0.3) is 6.08 Å². The molecule has 0 saturated carbocycles. The van der Waals surface area contributed by atoms with Crippen LogP contribution in [-0.4, -0.2) is 43.5 Å². The molecule has 2 heterocycles. The van der Waals surface area contributed by atoms with Gasteiger partial charge in [-0.1, -0.05) is 18.7 Å². The summed E-state index contributed by atoms with van der Waals surface area (Å²) in [5, 5.41) is 2.90. The zero-order valence-corrected chi connectivity index (χ0v) is 17.7. The first-order valence-corrected chi connectivity index (χ1v) is 10.3. The van der Waals surface area contributed by atoms with Crippen LogP contribution in [0.15, 0.2) is 59.7 Å². The van der Waals surface area contributed by atoms with E-state index in [1.165, 1.54) is 0 Å². The smallest absolute Gasteiger partial charge is 0.246 e. The molecule has 2 aromatic rings. The van der Waals surface area contributed by atoms with Crippen molar-refractivity contribution in [3.05, 3.63) is 66.6 Å². The van der Waals surface area contributed by atoms with Crippen LogP contribution in [0.4, 0.5) is 0 Å². The van der Waals surface area contributed by atoms with E-state index >= 15 is 0 Å². The van der Waals surface area contributed by atoms with Crippen molar-refractivity contribution in [3.8, 4) is 11.5 Å². The van der Waals surface area contributed by atoms with E-state index in [2.05, 4.69) is 11.9 Å². The fraction of sp³-hybridized carbons (Fsp3) is 0.333. The molecule has 164 valence electrons. The average Bonchev–Trinajstić information content (AvgIpc) is 3.33. The lowest BCUT2D eigenvalue weighted by molar-refractivity contribution is -0.132. The summed E-state index contributed by atoms with van der Waals surface area (Å²) in [6.07, 6.45) is 7.85. The number of methoxy groups -OCH3 is 1. The first kappa shape index (κ1) is 22.2. The molecule has 0 aliphatic carbocycles. The highest BCUT2D eigenvalue weighted by Crippen LogP contribution is 2.28. The van der Waals surface area contributed by atoms with E-state index in [-0.39, 0.29) is 17.7 Å². The Morgan fingerprint density at radius 1 is 1.26 bits per heavy atom. The van der Waals surface area contributed by atoms with Gasteiger partial charge in [0.2, 0.25) is 11.8 Å². The molecule has 31 heavy (non-hydrogen) atoms. The zero-order chi connectivity index (χ0) is 22.1. The number of amides is 2. The van der Waals surface area contributed by atoms with Gasteiger partial charge in [0.1, 0.15) is 12.4 Å². The quantitative estimate of drug-likeness (QED) is 0.493. The molecule has 0 bridgehead atoms. The molecule has 1 saturated heterocycles. The van der Waals surface area contributed by atoms with Gasteiger partial charge in [0.15, 0.2) is 11.5 Å². The van der Waals surface area contributed by atoms with Crippen molar-refractivity contribution >= 4 is 17.9 Å². The standard InChI is InChI=1S/C24H28N2O5/c1-3-14-31-21-8-6-18(16-22(21)29-2)7-9-23(27)26-12-10-19(11-13-26)24(28)25-17-20-5-4-15-30-20/h3-9,15-16,19H,1,10-14,17H2,2H3,(H,25,28)/b9-7+. The van der Waals surface area contributed by atoms with Gasteiger partial charge in [-0.3, -0.25) is 9.59 Å². The van der Waals surface area contributed by atoms with Crippen LogP contribution < -0.4 is 14.8 Å². The molecule has 7 heteroatoms. The maximum Gasteiger partial charge on any atom is 0.246 e. The number of likely N-dealkylation sites (tertiary alicyclic amines) is 1. The minimum atomic E-state index is -0.0876. The number of furan rings is 1. The van der Waals surface area contributed by atoms with Crippen LogP contribution in [0.2, 0.25) is 0 Å². The van der Waals surface area contributed by atoms with E-state index in [1.54, 1.807) is 48.6 Å². The SMILES string of the molecule is C=CCOc1ccc(/C=C/C(=O)N2CCC(C(=O)NCc3ccco3)CC2)cc1OC. The minimum absolute atomic E-state index is 0.00454. The Balaban J connectivity index is 1.48. The van der Waals surface area contributed by atoms with E-state index in [0.717, 1.165) is 11.3 Å². The number of rotatable bonds is 9. The Kier molecular flexibility index (Phi) is 7.92. The molecule has 1 aromatic heterocycles. The summed E-state index contributed by atoms with van der Waals surface area (Å²) in [5.74, 6) is 1.79. The third-order valence-corrected chi connectivity index (χ3v) is 5.16. The summed E-state index contributed by atoms with van der Waals surface area (Å²) in [5.41, 5.74) is 0.836. The molecule has 1 aliphatic heterocycles. The molecule has 1 fully saturated rings. The lowest BCUT2D eigenvalue weighted by Crippen LogP contribution is -2.42. The normalized spacial score (nSPS) is 14.4. The van der Waals surface area contributed by atoms with Gasteiger partial charge in [-0.25, -0.2) is 0 Å². The summed E-state index contributed by atoms with van der Waals surface area (Å²) < 4.78 is 16.1. The Labute approximate surface area is 182 Å². The number of piperidine rings is 1. The van der Waals surface area contributed by atoms with Crippen molar-refractivity contribution in [2.75, 3.05) is 26.8 Å². The van der Waals surface area contributed by atoms with Crippen molar-refractivity contribution in [2.24, 2.45) is 5.92 Å². The number of nitrogens with zero attached hydrogens (tertiary/aromatic N) is 1. The van der Waals surface area contributed by atoms with Gasteiger partial charge < -0.3 is 24.1 Å². The molecular weight excluding hydrogens is 396 g/mol. The molecule has 0 atom stereocenters. The Bertz CT molecular complexity index is 912. The zero-order valence-electron chi connectivity index (χ0n) is 17.7. The number of carbonyl (C=O) groups excluding carboxylic acids is 2. The number of ether oxygens (including phenoxy) is 2. The van der Waals surface area contributed by atoms with Gasteiger partial charge in [0.05, 0.1) is 19.9 Å². The van der Waals surface area contributed by atoms with E-state index in [4.69, 9.17) is 13.9 Å². The predicted octanol–water partition coefficient (Wildman–Crippen LogP) is 3.42. The molecule has 0 radical (unpaired) electrons. The van der Waals surface area contributed by atoms with Gasteiger partial charge in [-0.15, -0.1) is 0 Å². The van der Waals surface area contributed by atoms with E-state index in [9.17, 15) is 9.59 Å². The Morgan fingerprint density at radius 3 is 2.74 bits per heavy atom. The van der Waals surface area contributed by atoms with Crippen molar-refractivity contribution in [1.82, 2.24) is 10.2 Å². The second kappa shape index (κ2) is 11.1. The van der Waals surface area contributed by atoms with Gasteiger partial charge in [0.25, 0.3) is 0 Å². The predicted molar refractivity (Wildman–Crippen MR) is 118 cm³/mol. The van der Waals surface area contributed by atoms with Gasteiger partial charge in [-0.2, -0.15) is 0 Å². The molecule has 1 aromatic carbocycles. The highest BCUT2D eigenvalue weighted by molar-refractivity contribution is 5.92. The third-order valence-electron chi connectivity index (χ3n) is 5.16. The highest BCUT2D eigenvalue weighted by Gasteiger charge is 2.26. The van der Waals surface area contributed by atoms with Crippen molar-refractivity contribution in [3.63, 3.8) is 0 Å². The fourth-order valence-electron chi connectivity index (χ4n) is 3.42. The maximum atomic E-state index is 12.6. The first-order chi connectivity index (χ1) is 15.1. The molecule has 0 spiro atoms. The second-order valence-electron chi connectivity index (χ2n) is 7.24. The number of hydrogen-bond donors (Lipinski definition) is 1. The van der Waals surface area contributed by atoms with Crippen molar-refractivity contribution in [1.29, 1.82) is 0 Å². The Morgan fingerprint density at radius 2 is 2.06 bits per heavy atom. The van der Waals surface area contributed by atoms with Crippen LogP contribution in [0.3, 0.4) is 0 Å². The molecule has 1 aliphatic rings. The largest absolute Gasteiger partial charge is 0.493 e. The first-order valence-electron chi connectivity index (χ1n) is 10.3. The Hall–Kier alpha value is -3.48. The summed E-state index contributed by atoms with van der Waals surface area (Å²) in [6, 6.07) is 9.10. The van der Waals surface area contributed by atoms with Crippen LogP contribution in [0, 0.1) is 5.92 Å². The summed E-state index contributed by atoms with van der Waals surface area (Å²) in [7, 11) is 1.57.